The number of hydrogen-bond acceptors (Lipinski definition) is 3. The Labute approximate surface area is 319 Å². The largest absolute Gasteiger partial charge is 2.00 e. The minimum atomic E-state index is 0. The molecule has 0 amide bonds. The van der Waals surface area contributed by atoms with Crippen molar-refractivity contribution >= 4 is 85.6 Å². The molecule has 0 N–H and O–H groups in total. The van der Waals surface area contributed by atoms with Crippen molar-refractivity contribution in [3.63, 3.8) is 0 Å². The third kappa shape index (κ3) is 4.61. The summed E-state index contributed by atoms with van der Waals surface area (Å²) in [6.07, 6.45) is 0. The molecule has 0 bridgehead atoms. The minimum absolute atomic E-state index is 0. The Morgan fingerprint density at radius 3 is 1.73 bits per heavy atom. The molecule has 0 saturated carbocycles. The van der Waals surface area contributed by atoms with Gasteiger partial charge in [0.2, 0.25) is 0 Å². The maximum Gasteiger partial charge on any atom is 2.00 e. The molecular formula is C47H29MoN3S. The van der Waals surface area contributed by atoms with Crippen LogP contribution in [-0.4, -0.2) is 14.5 Å². The van der Waals surface area contributed by atoms with Gasteiger partial charge in [-0.15, -0.1) is 5.39 Å². The summed E-state index contributed by atoms with van der Waals surface area (Å²) in [7, 11) is 0. The van der Waals surface area contributed by atoms with Gasteiger partial charge in [0.05, 0.1) is 16.7 Å². The summed E-state index contributed by atoms with van der Waals surface area (Å²) < 4.78 is 5.00. The first-order valence-electron chi connectivity index (χ1n) is 16.8. The minimum Gasteiger partial charge on any atom is -0.358 e. The summed E-state index contributed by atoms with van der Waals surface area (Å²) in [6, 6.07) is 59.3. The number of thiophene rings is 1. The summed E-state index contributed by atoms with van der Waals surface area (Å²) in [5.41, 5.74) is 5.25. The zero-order chi connectivity index (χ0) is 32.8. The molecule has 0 atom stereocenters. The molecule has 5 heteroatoms. The van der Waals surface area contributed by atoms with Gasteiger partial charge in [0, 0.05) is 43.4 Å². The fourth-order valence-electron chi connectivity index (χ4n) is 8.01. The van der Waals surface area contributed by atoms with E-state index in [0.29, 0.717) is 5.82 Å². The van der Waals surface area contributed by atoms with E-state index >= 15 is 0 Å². The topological polar surface area (TPSA) is 30.7 Å². The molecule has 3 aromatic heterocycles. The maximum absolute atomic E-state index is 5.44. The van der Waals surface area contributed by atoms with Crippen molar-refractivity contribution < 1.29 is 21.1 Å². The molecule has 0 unspecified atom stereocenters. The van der Waals surface area contributed by atoms with E-state index in [-0.39, 0.29) is 28.5 Å². The van der Waals surface area contributed by atoms with Crippen LogP contribution < -0.4 is 0 Å². The van der Waals surface area contributed by atoms with Crippen molar-refractivity contribution in [3.8, 4) is 28.5 Å². The van der Waals surface area contributed by atoms with Gasteiger partial charge in [-0.25, -0.2) is 9.97 Å². The van der Waals surface area contributed by atoms with Gasteiger partial charge < -0.3 is 7.43 Å². The van der Waals surface area contributed by atoms with Crippen LogP contribution in [0.5, 0.6) is 0 Å². The van der Waals surface area contributed by atoms with Gasteiger partial charge in [0.1, 0.15) is 5.82 Å². The number of nitrogens with zero attached hydrogens (tertiary/aromatic N) is 3. The summed E-state index contributed by atoms with van der Waals surface area (Å²) >= 11 is 1.88. The average Bonchev–Trinajstić information content (AvgIpc) is 3.76. The maximum atomic E-state index is 5.44. The van der Waals surface area contributed by atoms with E-state index in [1.807, 2.05) is 29.5 Å². The molecule has 11 aromatic rings. The second-order valence-corrected chi connectivity index (χ2v) is 13.9. The average molecular weight is 764 g/mol. The van der Waals surface area contributed by atoms with E-state index in [9.17, 15) is 0 Å². The zero-order valence-corrected chi connectivity index (χ0v) is 31.0. The quantitative estimate of drug-likeness (QED) is 0.102. The van der Waals surface area contributed by atoms with Gasteiger partial charge in [-0.2, -0.15) is 35.6 Å². The first kappa shape index (κ1) is 32.3. The molecule has 0 radical (unpaired) electrons. The van der Waals surface area contributed by atoms with Gasteiger partial charge >= 0.3 is 21.1 Å². The standard InChI is InChI=1S/C46H26N3S.CH3.Mo/c1-3-15-28(16-4-1)37-27-39(48-46(47-37)29-17-5-2-6-18-29)49-43-34-23-11-8-20-31(34)30-19-7-9-21-32(30)41(43)42-44(49)35-24-12-10-22-33(35)40-36-25-13-14-26-38(36)50-45(40)42;;/h1-12,14-27H;1H3;/q2*-1;+2. The molecular weight excluding hydrogens is 735 g/mol. The third-order valence-electron chi connectivity index (χ3n) is 10.1. The van der Waals surface area contributed by atoms with Crippen molar-refractivity contribution in [3.05, 3.63) is 171 Å². The molecule has 0 spiro atoms. The van der Waals surface area contributed by atoms with E-state index in [4.69, 9.17) is 9.97 Å². The van der Waals surface area contributed by atoms with E-state index < -0.39 is 0 Å². The first-order valence-corrected chi connectivity index (χ1v) is 17.7. The Hall–Kier alpha value is -5.67. The van der Waals surface area contributed by atoms with Crippen LogP contribution in [0.25, 0.3) is 103 Å². The zero-order valence-electron chi connectivity index (χ0n) is 28.2. The van der Waals surface area contributed by atoms with E-state index in [1.54, 1.807) is 0 Å². The van der Waals surface area contributed by atoms with Crippen molar-refractivity contribution in [1.29, 1.82) is 0 Å². The molecule has 0 aliphatic rings. The third-order valence-corrected chi connectivity index (χ3v) is 11.3. The molecule has 8 aromatic carbocycles. The van der Waals surface area contributed by atoms with Crippen LogP contribution in [0.2, 0.25) is 0 Å². The molecule has 0 fully saturated rings. The molecule has 3 nitrogen and oxygen atoms in total. The summed E-state index contributed by atoms with van der Waals surface area (Å²) in [4.78, 5) is 10.6. The number of benzene rings is 8. The monoisotopic (exact) mass is 765 g/mol. The second-order valence-electron chi connectivity index (χ2n) is 12.8. The second kappa shape index (κ2) is 12.5. The Balaban J connectivity index is 0.00000180. The van der Waals surface area contributed by atoms with Gasteiger partial charge in [-0.05, 0) is 26.9 Å². The molecule has 0 aliphatic heterocycles. The van der Waals surface area contributed by atoms with Crippen molar-refractivity contribution in [2.75, 3.05) is 0 Å². The molecule has 0 aliphatic carbocycles. The normalized spacial score (nSPS) is 11.5. The summed E-state index contributed by atoms with van der Waals surface area (Å²) in [6.45, 7) is 0. The number of hydrogen-bond donors (Lipinski definition) is 0. The summed E-state index contributed by atoms with van der Waals surface area (Å²) in [5, 5.41) is 12.4. The van der Waals surface area contributed by atoms with Crippen molar-refractivity contribution in [2.45, 2.75) is 0 Å². The predicted octanol–water partition coefficient (Wildman–Crippen LogP) is 13.0. The van der Waals surface area contributed by atoms with Gasteiger partial charge in [0.15, 0.2) is 5.82 Å². The smallest absolute Gasteiger partial charge is 0.358 e. The first-order chi connectivity index (χ1) is 24.8. The fraction of sp³-hybridized carbons (Fsp3) is 0. The van der Waals surface area contributed by atoms with Crippen LogP contribution in [-0.2, 0) is 21.1 Å². The van der Waals surface area contributed by atoms with Crippen molar-refractivity contribution in [2.24, 2.45) is 0 Å². The molecule has 3 heterocycles. The molecule has 0 saturated heterocycles. The van der Waals surface area contributed by atoms with E-state index in [1.165, 1.54) is 63.3 Å². The van der Waals surface area contributed by atoms with Crippen LogP contribution in [0.1, 0.15) is 0 Å². The van der Waals surface area contributed by atoms with Crippen molar-refractivity contribution in [1.82, 2.24) is 14.5 Å². The Kier molecular flexibility index (Phi) is 7.77. The van der Waals surface area contributed by atoms with Gasteiger partial charge in [-0.1, -0.05) is 138 Å². The van der Waals surface area contributed by atoms with E-state index in [2.05, 4.69) is 150 Å². The van der Waals surface area contributed by atoms with Crippen LogP contribution in [0.3, 0.4) is 0 Å². The molecule has 244 valence electrons. The van der Waals surface area contributed by atoms with Crippen LogP contribution >= 0.6 is 11.3 Å². The Morgan fingerprint density at radius 2 is 1.04 bits per heavy atom. The Bertz CT molecular complexity index is 3090. The van der Waals surface area contributed by atoms with E-state index in [0.717, 1.165) is 33.7 Å². The van der Waals surface area contributed by atoms with Crippen LogP contribution in [0.15, 0.2) is 158 Å². The molecule has 52 heavy (non-hydrogen) atoms. The fourth-order valence-corrected chi connectivity index (χ4v) is 9.26. The Morgan fingerprint density at radius 1 is 0.500 bits per heavy atom. The van der Waals surface area contributed by atoms with Gasteiger partial charge in [-0.3, -0.25) is 4.57 Å². The molecule has 11 rings (SSSR count). The number of fused-ring (bicyclic) bond motifs is 15. The van der Waals surface area contributed by atoms with Crippen LogP contribution in [0.4, 0.5) is 0 Å². The van der Waals surface area contributed by atoms with Crippen LogP contribution in [0, 0.1) is 13.5 Å². The SMILES string of the molecule is [CH3-].[Mo+2].[c-]1ccc2sc3c(c2c1)c1ccccc1c1c3c2c3ccccc3c3ccccc3c2n1-c1cc(-c2ccccc2)nc(-c2ccccc2)n1. The number of rotatable bonds is 3. The summed E-state index contributed by atoms with van der Waals surface area (Å²) in [5.74, 6) is 1.54. The number of aromatic nitrogens is 3. The predicted molar refractivity (Wildman–Crippen MR) is 218 cm³/mol. The van der Waals surface area contributed by atoms with Gasteiger partial charge in [0.25, 0.3) is 0 Å².